The summed E-state index contributed by atoms with van der Waals surface area (Å²) in [5.74, 6) is 0. The fraction of sp³-hybridized carbons (Fsp3) is 0.500. The van der Waals surface area contributed by atoms with Crippen molar-refractivity contribution in [3.05, 3.63) is 28.2 Å². The first kappa shape index (κ1) is 15.7. The Hall–Kier alpha value is -0.360. The fourth-order valence-corrected chi connectivity index (χ4v) is 2.24. The van der Waals surface area contributed by atoms with Crippen LogP contribution >= 0.6 is 27.7 Å². The monoisotopic (exact) mass is 341 g/mol. The molecule has 0 spiro atoms. The maximum atomic E-state index is 12.5. The van der Waals surface area contributed by atoms with Gasteiger partial charge in [0, 0.05) is 22.0 Å². The topological polar surface area (TPSA) is 12.0 Å². The molecule has 1 unspecified atom stereocenters. The number of alkyl halides is 3. The van der Waals surface area contributed by atoms with Gasteiger partial charge in [-0.25, -0.2) is 0 Å². The number of nitrogens with one attached hydrogen (secondary N) is 1. The van der Waals surface area contributed by atoms with E-state index in [1.807, 2.05) is 6.26 Å². The van der Waals surface area contributed by atoms with Crippen LogP contribution in [0.4, 0.5) is 18.9 Å². The van der Waals surface area contributed by atoms with Crippen LogP contribution in [0.1, 0.15) is 18.9 Å². The first-order valence-electron chi connectivity index (χ1n) is 5.48. The van der Waals surface area contributed by atoms with E-state index in [1.54, 1.807) is 11.8 Å². The van der Waals surface area contributed by atoms with Crippen LogP contribution in [0.25, 0.3) is 0 Å². The van der Waals surface area contributed by atoms with E-state index < -0.39 is 11.7 Å². The summed E-state index contributed by atoms with van der Waals surface area (Å²) in [5.41, 5.74) is 0.0497. The van der Waals surface area contributed by atoms with Crippen molar-refractivity contribution < 1.29 is 13.2 Å². The average Bonchev–Trinajstić information content (AvgIpc) is 2.29. The van der Waals surface area contributed by atoms with E-state index in [9.17, 15) is 13.2 Å². The molecule has 1 atom stereocenters. The molecule has 1 aromatic carbocycles. The zero-order valence-electron chi connectivity index (χ0n) is 10.1. The molecule has 0 saturated heterocycles. The summed E-state index contributed by atoms with van der Waals surface area (Å²) < 4.78 is 37.8. The van der Waals surface area contributed by atoms with E-state index >= 15 is 0 Å². The second kappa shape index (κ2) is 6.70. The molecule has 0 radical (unpaired) electrons. The second-order valence-corrected chi connectivity index (χ2v) is 6.08. The lowest BCUT2D eigenvalue weighted by Gasteiger charge is -2.13. The maximum absolute atomic E-state index is 12.5. The molecule has 0 saturated carbocycles. The van der Waals surface area contributed by atoms with Crippen molar-refractivity contribution in [1.29, 1.82) is 0 Å². The molecular weight excluding hydrogens is 327 g/mol. The van der Waals surface area contributed by atoms with Crippen molar-refractivity contribution in [1.82, 2.24) is 0 Å². The van der Waals surface area contributed by atoms with E-state index in [0.29, 0.717) is 15.4 Å². The zero-order chi connectivity index (χ0) is 13.8. The number of hydrogen-bond donors (Lipinski definition) is 1. The molecule has 1 aromatic rings. The van der Waals surface area contributed by atoms with Crippen molar-refractivity contribution in [2.24, 2.45) is 0 Å². The molecule has 18 heavy (non-hydrogen) atoms. The highest BCUT2D eigenvalue weighted by Gasteiger charge is 2.30. The minimum absolute atomic E-state index is 0.439. The molecule has 0 amide bonds. The summed E-state index contributed by atoms with van der Waals surface area (Å²) in [6.45, 7) is 2.86. The Bertz CT molecular complexity index is 395. The van der Waals surface area contributed by atoms with Gasteiger partial charge in [0.15, 0.2) is 0 Å². The van der Waals surface area contributed by atoms with Crippen LogP contribution in [-0.2, 0) is 6.18 Å². The molecule has 0 bridgehead atoms. The van der Waals surface area contributed by atoms with E-state index in [-0.39, 0.29) is 0 Å². The Morgan fingerprint density at radius 3 is 2.56 bits per heavy atom. The maximum Gasteiger partial charge on any atom is 0.416 e. The number of hydrogen-bond acceptors (Lipinski definition) is 2. The summed E-state index contributed by atoms with van der Waals surface area (Å²) in [4.78, 5) is 0. The van der Waals surface area contributed by atoms with E-state index in [4.69, 9.17) is 0 Å². The Morgan fingerprint density at radius 1 is 1.39 bits per heavy atom. The van der Waals surface area contributed by atoms with Gasteiger partial charge in [0.1, 0.15) is 0 Å². The summed E-state index contributed by atoms with van der Waals surface area (Å²) >= 11 is 4.93. The van der Waals surface area contributed by atoms with Crippen molar-refractivity contribution in [2.75, 3.05) is 18.1 Å². The van der Waals surface area contributed by atoms with Crippen LogP contribution in [0.15, 0.2) is 22.7 Å². The third kappa shape index (κ3) is 4.72. The van der Waals surface area contributed by atoms with Crippen molar-refractivity contribution in [3.63, 3.8) is 0 Å². The lowest BCUT2D eigenvalue weighted by molar-refractivity contribution is -0.137. The van der Waals surface area contributed by atoms with Gasteiger partial charge in [-0.15, -0.1) is 0 Å². The van der Waals surface area contributed by atoms with E-state index in [2.05, 4.69) is 28.2 Å². The van der Waals surface area contributed by atoms with Crippen LogP contribution in [-0.4, -0.2) is 18.1 Å². The third-order valence-electron chi connectivity index (χ3n) is 2.57. The molecule has 1 rings (SSSR count). The normalized spacial score (nSPS) is 13.4. The third-order valence-corrected chi connectivity index (χ3v) is 4.26. The zero-order valence-corrected chi connectivity index (χ0v) is 12.5. The minimum Gasteiger partial charge on any atom is -0.384 e. The Balaban J connectivity index is 2.63. The van der Waals surface area contributed by atoms with E-state index in [1.165, 1.54) is 6.07 Å². The van der Waals surface area contributed by atoms with Crippen LogP contribution in [0, 0.1) is 0 Å². The first-order valence-corrected chi connectivity index (χ1v) is 7.56. The van der Waals surface area contributed by atoms with Gasteiger partial charge in [-0.2, -0.15) is 24.9 Å². The minimum atomic E-state index is -4.30. The van der Waals surface area contributed by atoms with Gasteiger partial charge in [0.05, 0.1) is 5.56 Å². The highest BCUT2D eigenvalue weighted by atomic mass is 79.9. The molecule has 1 nitrogen and oxygen atoms in total. The Labute approximate surface area is 118 Å². The predicted octanol–water partition coefficient (Wildman–Crippen LogP) is 5.02. The summed E-state index contributed by atoms with van der Waals surface area (Å²) in [5, 5.41) is 3.66. The van der Waals surface area contributed by atoms with Gasteiger partial charge in [-0.05, 0) is 46.8 Å². The number of rotatable bonds is 5. The highest BCUT2D eigenvalue weighted by molar-refractivity contribution is 9.10. The highest BCUT2D eigenvalue weighted by Crippen LogP contribution is 2.33. The molecular formula is C12H15BrF3NS. The van der Waals surface area contributed by atoms with Crippen molar-refractivity contribution in [3.8, 4) is 0 Å². The quantitative estimate of drug-likeness (QED) is 0.806. The molecule has 0 aliphatic rings. The smallest absolute Gasteiger partial charge is 0.384 e. The largest absolute Gasteiger partial charge is 0.416 e. The number of thioether (sulfide) groups is 1. The molecule has 0 heterocycles. The Morgan fingerprint density at radius 2 is 2.06 bits per heavy atom. The molecule has 0 aliphatic heterocycles. The molecule has 1 N–H and O–H groups in total. The van der Waals surface area contributed by atoms with Gasteiger partial charge in [-0.3, -0.25) is 0 Å². The van der Waals surface area contributed by atoms with Gasteiger partial charge >= 0.3 is 6.18 Å². The summed E-state index contributed by atoms with van der Waals surface area (Å²) in [6.07, 6.45) is -1.29. The number of halogens is 4. The second-order valence-electron chi connectivity index (χ2n) is 3.95. The molecule has 0 aromatic heterocycles. The number of benzene rings is 1. The van der Waals surface area contributed by atoms with E-state index in [0.717, 1.165) is 25.1 Å². The standard InChI is InChI=1S/C12H15BrF3NS/c1-8(18-2)5-6-17-11-4-3-9(7-10(11)13)12(14,15)16/h3-4,7-8,17H,5-6H2,1-2H3. The lowest BCUT2D eigenvalue weighted by Crippen LogP contribution is -2.09. The lowest BCUT2D eigenvalue weighted by atomic mass is 10.2. The average molecular weight is 342 g/mol. The van der Waals surface area contributed by atoms with Crippen LogP contribution in [0.2, 0.25) is 0 Å². The molecule has 0 aliphatic carbocycles. The van der Waals surface area contributed by atoms with Crippen molar-refractivity contribution >= 4 is 33.4 Å². The van der Waals surface area contributed by atoms with Gasteiger partial charge < -0.3 is 5.32 Å². The Kier molecular flexibility index (Phi) is 5.85. The molecule has 6 heteroatoms. The first-order chi connectivity index (χ1) is 8.34. The summed E-state index contributed by atoms with van der Waals surface area (Å²) in [7, 11) is 0. The SMILES string of the molecule is CSC(C)CCNc1ccc(C(F)(F)F)cc1Br. The van der Waals surface area contributed by atoms with Gasteiger partial charge in [-0.1, -0.05) is 6.92 Å². The molecule has 102 valence electrons. The fourth-order valence-electron chi connectivity index (χ4n) is 1.36. The van der Waals surface area contributed by atoms with Crippen LogP contribution in [0.5, 0.6) is 0 Å². The predicted molar refractivity (Wildman–Crippen MR) is 75.2 cm³/mol. The van der Waals surface area contributed by atoms with Gasteiger partial charge in [0.25, 0.3) is 0 Å². The van der Waals surface area contributed by atoms with Gasteiger partial charge in [0.2, 0.25) is 0 Å². The van der Waals surface area contributed by atoms with Crippen molar-refractivity contribution in [2.45, 2.75) is 24.8 Å². The summed E-state index contributed by atoms with van der Waals surface area (Å²) in [6, 6.07) is 3.64. The van der Waals surface area contributed by atoms with Crippen LogP contribution < -0.4 is 5.32 Å². The van der Waals surface area contributed by atoms with Crippen LogP contribution in [0.3, 0.4) is 0 Å². The molecule has 0 fully saturated rings. The number of anilines is 1.